The van der Waals surface area contributed by atoms with Crippen LogP contribution in [-0.2, 0) is 0 Å². The van der Waals surface area contributed by atoms with Crippen molar-refractivity contribution in [2.45, 2.75) is 53.2 Å². The second kappa shape index (κ2) is 6.91. The molecule has 0 aromatic heterocycles. The molecule has 0 fully saturated rings. The summed E-state index contributed by atoms with van der Waals surface area (Å²) in [5.41, 5.74) is 3.47. The van der Waals surface area contributed by atoms with Crippen LogP contribution >= 0.6 is 0 Å². The van der Waals surface area contributed by atoms with Crippen LogP contribution in [0.5, 0.6) is 0 Å². The molecule has 0 aliphatic rings. The third kappa shape index (κ3) is 4.43. The number of nitrogens with zero attached hydrogens (tertiary/aromatic N) is 1. The van der Waals surface area contributed by atoms with Gasteiger partial charge in [0, 0.05) is 12.6 Å². The predicted octanol–water partition coefficient (Wildman–Crippen LogP) is 3.46. The van der Waals surface area contributed by atoms with E-state index in [2.05, 4.69) is 57.7 Å². The van der Waals surface area contributed by atoms with Crippen molar-refractivity contribution in [3.8, 4) is 0 Å². The Morgan fingerprint density at radius 3 is 2.11 bits per heavy atom. The first-order chi connectivity index (χ1) is 8.43. The summed E-state index contributed by atoms with van der Waals surface area (Å²) in [6.07, 6.45) is 0.732. The molecule has 0 saturated heterocycles. The number of hydrogen-bond donors (Lipinski definition) is 1. The molecule has 1 atom stereocenters. The largest absolute Gasteiger partial charge is 0.387 e. The maximum Gasteiger partial charge on any atom is 0.0917 e. The first-order valence-corrected chi connectivity index (χ1v) is 6.94. The number of rotatable bonds is 6. The molecule has 0 heterocycles. The topological polar surface area (TPSA) is 23.5 Å². The number of hydrogen-bond acceptors (Lipinski definition) is 2. The zero-order chi connectivity index (χ0) is 13.7. The van der Waals surface area contributed by atoms with Crippen LogP contribution in [0.2, 0.25) is 0 Å². The molecule has 18 heavy (non-hydrogen) atoms. The second-order valence-corrected chi connectivity index (χ2v) is 5.53. The first kappa shape index (κ1) is 15.2. The van der Waals surface area contributed by atoms with E-state index in [1.165, 1.54) is 11.1 Å². The number of aryl methyl sites for hydroxylation is 2. The molecule has 0 bridgehead atoms. The Hall–Kier alpha value is -0.860. The molecule has 1 aromatic rings. The molecule has 0 radical (unpaired) electrons. The highest BCUT2D eigenvalue weighted by Gasteiger charge is 2.15. The van der Waals surface area contributed by atoms with E-state index >= 15 is 0 Å². The van der Waals surface area contributed by atoms with Gasteiger partial charge in [0.1, 0.15) is 0 Å². The van der Waals surface area contributed by atoms with Gasteiger partial charge in [-0.05, 0) is 46.2 Å². The summed E-state index contributed by atoms with van der Waals surface area (Å²) in [6.45, 7) is 12.5. The Morgan fingerprint density at radius 1 is 1.11 bits per heavy atom. The maximum absolute atomic E-state index is 10.4. The van der Waals surface area contributed by atoms with Crippen LogP contribution in [0.25, 0.3) is 0 Å². The van der Waals surface area contributed by atoms with Gasteiger partial charge < -0.3 is 5.11 Å². The molecule has 0 aliphatic heterocycles. The van der Waals surface area contributed by atoms with Crippen LogP contribution in [0.1, 0.15) is 50.0 Å². The molecular formula is C16H27NO. The van der Waals surface area contributed by atoms with Crippen LogP contribution in [0.15, 0.2) is 18.2 Å². The molecule has 2 heteroatoms. The molecule has 0 aliphatic carbocycles. The quantitative estimate of drug-likeness (QED) is 0.834. The van der Waals surface area contributed by atoms with Gasteiger partial charge in [0.2, 0.25) is 0 Å². The fourth-order valence-electron chi connectivity index (χ4n) is 2.38. The van der Waals surface area contributed by atoms with Crippen molar-refractivity contribution in [3.63, 3.8) is 0 Å². The molecule has 0 amide bonds. The lowest BCUT2D eigenvalue weighted by Crippen LogP contribution is -2.35. The predicted molar refractivity (Wildman–Crippen MR) is 77.9 cm³/mol. The third-order valence-electron chi connectivity index (χ3n) is 3.28. The van der Waals surface area contributed by atoms with Crippen LogP contribution in [-0.4, -0.2) is 29.1 Å². The number of aliphatic hydroxyl groups is 1. The van der Waals surface area contributed by atoms with E-state index in [1.807, 2.05) is 0 Å². The Bertz CT molecular complexity index is 353. The molecule has 2 nitrogen and oxygen atoms in total. The summed E-state index contributed by atoms with van der Waals surface area (Å²) < 4.78 is 0. The summed E-state index contributed by atoms with van der Waals surface area (Å²) in [5.74, 6) is 0. The highest BCUT2D eigenvalue weighted by Crippen LogP contribution is 2.19. The highest BCUT2D eigenvalue weighted by atomic mass is 16.3. The average molecular weight is 249 g/mol. The normalized spacial score (nSPS) is 13.3. The molecule has 0 saturated carbocycles. The van der Waals surface area contributed by atoms with Gasteiger partial charge in [-0.25, -0.2) is 0 Å². The summed E-state index contributed by atoms with van der Waals surface area (Å²) in [6, 6.07) is 6.79. The van der Waals surface area contributed by atoms with Gasteiger partial charge in [-0.3, -0.25) is 4.90 Å². The number of aliphatic hydroxyl groups excluding tert-OH is 1. The van der Waals surface area contributed by atoms with Gasteiger partial charge in [-0.1, -0.05) is 36.2 Å². The maximum atomic E-state index is 10.4. The van der Waals surface area contributed by atoms with Gasteiger partial charge in [-0.2, -0.15) is 0 Å². The van der Waals surface area contributed by atoms with E-state index in [9.17, 15) is 5.11 Å². The van der Waals surface area contributed by atoms with Crippen molar-refractivity contribution in [2.75, 3.05) is 13.1 Å². The summed E-state index contributed by atoms with van der Waals surface area (Å²) >= 11 is 0. The molecule has 0 spiro atoms. The minimum Gasteiger partial charge on any atom is -0.387 e. The van der Waals surface area contributed by atoms with Crippen molar-refractivity contribution < 1.29 is 5.11 Å². The molecule has 1 unspecified atom stereocenters. The van der Waals surface area contributed by atoms with Gasteiger partial charge in [-0.15, -0.1) is 0 Å². The van der Waals surface area contributed by atoms with E-state index in [0.29, 0.717) is 12.6 Å². The SMILES string of the molecule is CCCN(CC(O)c1cc(C)cc(C)c1)C(C)C. The zero-order valence-electron chi connectivity index (χ0n) is 12.4. The Kier molecular flexibility index (Phi) is 5.83. The van der Waals surface area contributed by atoms with Gasteiger partial charge in [0.05, 0.1) is 6.10 Å². The summed E-state index contributed by atoms with van der Waals surface area (Å²) in [7, 11) is 0. The van der Waals surface area contributed by atoms with E-state index < -0.39 is 6.10 Å². The minimum absolute atomic E-state index is 0.391. The fraction of sp³-hybridized carbons (Fsp3) is 0.625. The average Bonchev–Trinajstić information content (AvgIpc) is 2.26. The van der Waals surface area contributed by atoms with Crippen LogP contribution in [0.4, 0.5) is 0 Å². The summed E-state index contributed by atoms with van der Waals surface area (Å²) in [4.78, 5) is 2.34. The minimum atomic E-state index is -0.391. The van der Waals surface area contributed by atoms with Gasteiger partial charge in [0.25, 0.3) is 0 Å². The molecule has 1 N–H and O–H groups in total. The van der Waals surface area contributed by atoms with Gasteiger partial charge in [0.15, 0.2) is 0 Å². The smallest absolute Gasteiger partial charge is 0.0917 e. The third-order valence-corrected chi connectivity index (χ3v) is 3.28. The standard InChI is InChI=1S/C16H27NO/c1-6-7-17(12(2)3)11-16(18)15-9-13(4)8-14(5)10-15/h8-10,12,16,18H,6-7,11H2,1-5H3. The first-order valence-electron chi connectivity index (χ1n) is 6.94. The van der Waals surface area contributed by atoms with Crippen LogP contribution < -0.4 is 0 Å². The van der Waals surface area contributed by atoms with Crippen molar-refractivity contribution >= 4 is 0 Å². The molecular weight excluding hydrogens is 222 g/mol. The lowest BCUT2D eigenvalue weighted by atomic mass is 10.0. The van der Waals surface area contributed by atoms with E-state index in [1.54, 1.807) is 0 Å². The number of benzene rings is 1. The fourth-order valence-corrected chi connectivity index (χ4v) is 2.38. The lowest BCUT2D eigenvalue weighted by Gasteiger charge is -2.28. The van der Waals surface area contributed by atoms with Crippen molar-refractivity contribution in [2.24, 2.45) is 0 Å². The zero-order valence-corrected chi connectivity index (χ0v) is 12.4. The van der Waals surface area contributed by atoms with E-state index in [0.717, 1.165) is 18.5 Å². The monoisotopic (exact) mass is 249 g/mol. The van der Waals surface area contributed by atoms with Crippen molar-refractivity contribution in [1.29, 1.82) is 0 Å². The van der Waals surface area contributed by atoms with E-state index in [4.69, 9.17) is 0 Å². The summed E-state index contributed by atoms with van der Waals surface area (Å²) in [5, 5.41) is 10.4. The van der Waals surface area contributed by atoms with Crippen molar-refractivity contribution in [1.82, 2.24) is 4.90 Å². The van der Waals surface area contributed by atoms with Crippen molar-refractivity contribution in [3.05, 3.63) is 34.9 Å². The Labute approximate surface area is 112 Å². The highest BCUT2D eigenvalue weighted by molar-refractivity contribution is 5.30. The Balaban J connectivity index is 2.76. The molecule has 1 rings (SSSR count). The molecule has 102 valence electrons. The van der Waals surface area contributed by atoms with Crippen LogP contribution in [0.3, 0.4) is 0 Å². The second-order valence-electron chi connectivity index (χ2n) is 5.53. The van der Waals surface area contributed by atoms with Crippen LogP contribution in [0, 0.1) is 13.8 Å². The lowest BCUT2D eigenvalue weighted by molar-refractivity contribution is 0.0955. The van der Waals surface area contributed by atoms with Gasteiger partial charge >= 0.3 is 0 Å². The Morgan fingerprint density at radius 2 is 1.67 bits per heavy atom. The van der Waals surface area contributed by atoms with E-state index in [-0.39, 0.29) is 0 Å². The molecule has 1 aromatic carbocycles.